The first-order valence-corrected chi connectivity index (χ1v) is 6.33. The SMILES string of the molecule is C/C(C(=Nc1ccccc1)c1ccccc1)=C(/N)C=O. The zero-order valence-corrected chi connectivity index (χ0v) is 11.3. The van der Waals surface area contributed by atoms with E-state index in [1.807, 2.05) is 60.7 Å². The van der Waals surface area contributed by atoms with Crippen LogP contribution in [0.1, 0.15) is 12.5 Å². The van der Waals surface area contributed by atoms with Crippen molar-refractivity contribution in [1.82, 2.24) is 0 Å². The lowest BCUT2D eigenvalue weighted by Gasteiger charge is -2.09. The highest BCUT2D eigenvalue weighted by atomic mass is 16.1. The molecule has 0 aliphatic rings. The van der Waals surface area contributed by atoms with Crippen molar-refractivity contribution >= 4 is 17.7 Å². The van der Waals surface area contributed by atoms with Gasteiger partial charge in [0, 0.05) is 11.1 Å². The summed E-state index contributed by atoms with van der Waals surface area (Å²) >= 11 is 0. The van der Waals surface area contributed by atoms with E-state index in [4.69, 9.17) is 5.73 Å². The zero-order chi connectivity index (χ0) is 14.4. The number of carbonyl (C=O) groups is 1. The number of aldehydes is 1. The minimum atomic E-state index is 0.198. The molecule has 2 rings (SSSR count). The van der Waals surface area contributed by atoms with Gasteiger partial charge in [-0.15, -0.1) is 0 Å². The molecule has 0 aliphatic heterocycles. The molecule has 3 heteroatoms. The van der Waals surface area contributed by atoms with Crippen LogP contribution in [0.15, 0.2) is 76.9 Å². The summed E-state index contributed by atoms with van der Waals surface area (Å²) in [5.41, 5.74) is 9.08. The van der Waals surface area contributed by atoms with Gasteiger partial charge in [-0.2, -0.15) is 0 Å². The lowest BCUT2D eigenvalue weighted by atomic mass is 10.0. The Bertz CT molecular complexity index is 643. The Morgan fingerprint density at radius 1 is 1.00 bits per heavy atom. The second-order valence-corrected chi connectivity index (χ2v) is 4.36. The lowest BCUT2D eigenvalue weighted by Crippen LogP contribution is -2.11. The second kappa shape index (κ2) is 6.48. The van der Waals surface area contributed by atoms with Crippen LogP contribution in [0.3, 0.4) is 0 Å². The molecule has 0 fully saturated rings. The molecule has 0 aromatic heterocycles. The number of allylic oxidation sites excluding steroid dienone is 2. The number of rotatable bonds is 4. The van der Waals surface area contributed by atoms with Crippen LogP contribution >= 0.6 is 0 Å². The van der Waals surface area contributed by atoms with Crippen LogP contribution in [0, 0.1) is 0 Å². The van der Waals surface area contributed by atoms with Crippen molar-refractivity contribution in [3.8, 4) is 0 Å². The molecule has 0 saturated heterocycles. The van der Waals surface area contributed by atoms with E-state index in [1.54, 1.807) is 6.92 Å². The maximum absolute atomic E-state index is 10.9. The van der Waals surface area contributed by atoms with E-state index < -0.39 is 0 Å². The van der Waals surface area contributed by atoms with Gasteiger partial charge < -0.3 is 5.73 Å². The average Bonchev–Trinajstić information content (AvgIpc) is 2.53. The molecule has 0 atom stereocenters. The van der Waals surface area contributed by atoms with Crippen LogP contribution in [0.5, 0.6) is 0 Å². The topological polar surface area (TPSA) is 55.4 Å². The van der Waals surface area contributed by atoms with Crippen LogP contribution in [-0.4, -0.2) is 12.0 Å². The molecule has 0 bridgehead atoms. The van der Waals surface area contributed by atoms with Crippen LogP contribution in [0.4, 0.5) is 5.69 Å². The third-order valence-corrected chi connectivity index (χ3v) is 2.96. The zero-order valence-electron chi connectivity index (χ0n) is 11.3. The van der Waals surface area contributed by atoms with Gasteiger partial charge in [0.2, 0.25) is 0 Å². The average molecular weight is 264 g/mol. The third-order valence-electron chi connectivity index (χ3n) is 2.96. The summed E-state index contributed by atoms with van der Waals surface area (Å²) in [4.78, 5) is 15.5. The highest BCUT2D eigenvalue weighted by Gasteiger charge is 2.09. The quantitative estimate of drug-likeness (QED) is 0.523. The Balaban J connectivity index is 2.57. The minimum absolute atomic E-state index is 0.198. The van der Waals surface area contributed by atoms with Crippen LogP contribution in [0.25, 0.3) is 0 Å². The van der Waals surface area contributed by atoms with Gasteiger partial charge in [-0.3, -0.25) is 4.79 Å². The smallest absolute Gasteiger partial charge is 0.166 e. The van der Waals surface area contributed by atoms with Gasteiger partial charge >= 0.3 is 0 Å². The Labute approximate surface area is 118 Å². The Morgan fingerprint density at radius 3 is 2.10 bits per heavy atom. The first kappa shape index (κ1) is 13.7. The van der Waals surface area contributed by atoms with Gasteiger partial charge in [0.25, 0.3) is 0 Å². The van der Waals surface area contributed by atoms with Gasteiger partial charge in [0.05, 0.1) is 17.1 Å². The predicted octanol–water partition coefficient (Wildman–Crippen LogP) is 3.24. The fourth-order valence-corrected chi connectivity index (χ4v) is 1.82. The molecule has 0 spiro atoms. The Morgan fingerprint density at radius 2 is 1.55 bits per heavy atom. The minimum Gasteiger partial charge on any atom is -0.396 e. The van der Waals surface area contributed by atoms with Gasteiger partial charge in [0.15, 0.2) is 6.29 Å². The molecular formula is C17H16N2O. The van der Waals surface area contributed by atoms with Gasteiger partial charge in [-0.05, 0) is 19.1 Å². The van der Waals surface area contributed by atoms with Crippen molar-refractivity contribution in [2.24, 2.45) is 10.7 Å². The molecule has 0 unspecified atom stereocenters. The van der Waals surface area contributed by atoms with E-state index in [0.717, 1.165) is 11.3 Å². The molecule has 0 aliphatic carbocycles. The van der Waals surface area contributed by atoms with Gasteiger partial charge in [0.1, 0.15) is 0 Å². The number of para-hydroxylation sites is 1. The number of carbonyl (C=O) groups excluding carboxylic acids is 1. The Hall–Kier alpha value is -2.68. The summed E-state index contributed by atoms with van der Waals surface area (Å²) in [7, 11) is 0. The molecule has 0 saturated carbocycles. The van der Waals surface area contributed by atoms with Gasteiger partial charge in [-0.25, -0.2) is 4.99 Å². The van der Waals surface area contributed by atoms with Crippen molar-refractivity contribution in [2.75, 3.05) is 0 Å². The fraction of sp³-hybridized carbons (Fsp3) is 0.0588. The van der Waals surface area contributed by atoms with Crippen molar-refractivity contribution in [1.29, 1.82) is 0 Å². The first-order chi connectivity index (χ1) is 9.72. The van der Waals surface area contributed by atoms with Crippen LogP contribution in [-0.2, 0) is 4.79 Å². The van der Waals surface area contributed by atoms with Crippen LogP contribution in [0.2, 0.25) is 0 Å². The van der Waals surface area contributed by atoms with E-state index in [2.05, 4.69) is 4.99 Å². The molecule has 2 N–H and O–H groups in total. The third kappa shape index (κ3) is 3.20. The number of nitrogens with two attached hydrogens (primary N) is 1. The number of hydrogen-bond donors (Lipinski definition) is 1. The summed E-state index contributed by atoms with van der Waals surface area (Å²) in [5.74, 6) is 0. The van der Waals surface area contributed by atoms with E-state index >= 15 is 0 Å². The monoisotopic (exact) mass is 264 g/mol. The molecule has 100 valence electrons. The molecule has 20 heavy (non-hydrogen) atoms. The van der Waals surface area contributed by atoms with Gasteiger partial charge in [-0.1, -0.05) is 48.5 Å². The lowest BCUT2D eigenvalue weighted by molar-refractivity contribution is -0.105. The van der Waals surface area contributed by atoms with Crippen molar-refractivity contribution in [3.63, 3.8) is 0 Å². The predicted molar refractivity (Wildman–Crippen MR) is 82.0 cm³/mol. The molecule has 0 amide bonds. The molecule has 2 aromatic carbocycles. The van der Waals surface area contributed by atoms with Crippen LogP contribution < -0.4 is 5.73 Å². The second-order valence-electron chi connectivity index (χ2n) is 4.36. The number of nitrogens with zero attached hydrogens (tertiary/aromatic N) is 1. The maximum Gasteiger partial charge on any atom is 0.166 e. The fourth-order valence-electron chi connectivity index (χ4n) is 1.82. The summed E-state index contributed by atoms with van der Waals surface area (Å²) < 4.78 is 0. The molecule has 2 aromatic rings. The van der Waals surface area contributed by atoms with Crippen molar-refractivity contribution < 1.29 is 4.79 Å². The summed E-state index contributed by atoms with van der Waals surface area (Å²) in [5, 5.41) is 0. The molecular weight excluding hydrogens is 248 g/mol. The first-order valence-electron chi connectivity index (χ1n) is 6.33. The number of hydrogen-bond acceptors (Lipinski definition) is 3. The largest absolute Gasteiger partial charge is 0.396 e. The summed E-state index contributed by atoms with van der Waals surface area (Å²) in [6.07, 6.45) is 0.652. The standard InChI is InChI=1S/C17H16N2O/c1-13(16(18)12-20)17(14-8-4-2-5-9-14)19-15-10-6-3-7-11-15/h2-12H,18H2,1H3/b16-13-,19-17?. The molecule has 0 heterocycles. The van der Waals surface area contributed by atoms with E-state index in [-0.39, 0.29) is 5.70 Å². The highest BCUT2D eigenvalue weighted by molar-refractivity contribution is 6.15. The normalized spacial score (nSPS) is 12.8. The molecule has 3 nitrogen and oxygen atoms in total. The van der Waals surface area contributed by atoms with E-state index in [0.29, 0.717) is 17.6 Å². The van der Waals surface area contributed by atoms with E-state index in [9.17, 15) is 4.79 Å². The number of benzene rings is 2. The Kier molecular flexibility index (Phi) is 4.45. The maximum atomic E-state index is 10.9. The van der Waals surface area contributed by atoms with Crippen molar-refractivity contribution in [2.45, 2.75) is 6.92 Å². The summed E-state index contributed by atoms with van der Waals surface area (Å²) in [6, 6.07) is 19.3. The van der Waals surface area contributed by atoms with Crippen molar-refractivity contribution in [3.05, 3.63) is 77.5 Å². The molecule has 0 radical (unpaired) electrons. The highest BCUT2D eigenvalue weighted by Crippen LogP contribution is 2.17. The number of aliphatic imine (C=N–C) groups is 1. The van der Waals surface area contributed by atoms with E-state index in [1.165, 1.54) is 0 Å². The summed E-state index contributed by atoms with van der Waals surface area (Å²) in [6.45, 7) is 1.80.